The highest BCUT2D eigenvalue weighted by Gasteiger charge is 2.19. The number of nitrogens with zero attached hydrogens (tertiary/aromatic N) is 1. The zero-order chi connectivity index (χ0) is 12.2. The van der Waals surface area contributed by atoms with E-state index < -0.39 is 0 Å². The fourth-order valence-corrected chi connectivity index (χ4v) is 2.06. The maximum absolute atomic E-state index is 11.7. The van der Waals surface area contributed by atoms with E-state index in [1.807, 2.05) is 27.8 Å². The van der Waals surface area contributed by atoms with Crippen LogP contribution < -0.4 is 10.6 Å². The molecule has 2 N–H and O–H groups in total. The predicted molar refractivity (Wildman–Crippen MR) is 66.4 cm³/mol. The lowest BCUT2D eigenvalue weighted by Gasteiger charge is -2.24. The third-order valence-electron chi connectivity index (χ3n) is 2.62. The highest BCUT2D eigenvalue weighted by Crippen LogP contribution is 2.06. The molecule has 0 radical (unpaired) electrons. The van der Waals surface area contributed by atoms with E-state index in [-0.39, 0.29) is 11.4 Å². The van der Waals surface area contributed by atoms with E-state index >= 15 is 0 Å². The van der Waals surface area contributed by atoms with Crippen LogP contribution in [0.15, 0.2) is 0 Å². The second kappa shape index (κ2) is 5.64. The summed E-state index contributed by atoms with van der Waals surface area (Å²) in [5.74, 6) is 0.105. The molecule has 0 bridgehead atoms. The smallest absolute Gasteiger partial charge is 0.234 e. The van der Waals surface area contributed by atoms with Gasteiger partial charge in [0.2, 0.25) is 5.91 Å². The molecule has 1 amide bonds. The van der Waals surface area contributed by atoms with Gasteiger partial charge in [-0.05, 0) is 47.2 Å². The summed E-state index contributed by atoms with van der Waals surface area (Å²) in [5.41, 5.74) is -0.135. The summed E-state index contributed by atoms with van der Waals surface area (Å²) < 4.78 is 0. The number of carbonyl (C=O) groups is 1. The van der Waals surface area contributed by atoms with Crippen LogP contribution in [0.5, 0.6) is 0 Å². The number of amides is 1. The van der Waals surface area contributed by atoms with E-state index in [1.165, 1.54) is 12.8 Å². The summed E-state index contributed by atoms with van der Waals surface area (Å²) in [5, 5.41) is 6.41. The van der Waals surface area contributed by atoms with Gasteiger partial charge in [0.25, 0.3) is 0 Å². The number of hydrogen-bond acceptors (Lipinski definition) is 3. The topological polar surface area (TPSA) is 44.4 Å². The highest BCUT2D eigenvalue weighted by atomic mass is 16.2. The standard InChI is InChI=1S/C12H25N3O/c1-12(2,3)14-11(16)9-15(4)8-10-6-5-7-13-10/h10,13H,5-9H2,1-4H3,(H,14,16). The van der Waals surface area contributed by atoms with Crippen molar-refractivity contribution in [3.63, 3.8) is 0 Å². The quantitative estimate of drug-likeness (QED) is 0.738. The van der Waals surface area contributed by atoms with Crippen LogP contribution >= 0.6 is 0 Å². The van der Waals surface area contributed by atoms with E-state index in [4.69, 9.17) is 0 Å². The Hall–Kier alpha value is -0.610. The van der Waals surface area contributed by atoms with Crippen LogP contribution in [0.2, 0.25) is 0 Å². The largest absolute Gasteiger partial charge is 0.350 e. The van der Waals surface area contributed by atoms with Crippen LogP contribution in [-0.2, 0) is 4.79 Å². The van der Waals surface area contributed by atoms with E-state index in [1.54, 1.807) is 0 Å². The van der Waals surface area contributed by atoms with Gasteiger partial charge in [-0.1, -0.05) is 0 Å². The van der Waals surface area contributed by atoms with E-state index in [0.29, 0.717) is 12.6 Å². The lowest BCUT2D eigenvalue weighted by atomic mass is 10.1. The van der Waals surface area contributed by atoms with Gasteiger partial charge >= 0.3 is 0 Å². The van der Waals surface area contributed by atoms with Gasteiger partial charge in [-0.3, -0.25) is 9.69 Å². The zero-order valence-electron chi connectivity index (χ0n) is 11.0. The molecule has 1 unspecified atom stereocenters. The Morgan fingerprint density at radius 1 is 1.50 bits per heavy atom. The zero-order valence-corrected chi connectivity index (χ0v) is 11.0. The van der Waals surface area contributed by atoms with Crippen molar-refractivity contribution in [2.24, 2.45) is 0 Å². The van der Waals surface area contributed by atoms with Gasteiger partial charge in [0, 0.05) is 18.1 Å². The summed E-state index contributed by atoms with van der Waals surface area (Å²) in [6, 6.07) is 0.562. The fourth-order valence-electron chi connectivity index (χ4n) is 2.06. The van der Waals surface area contributed by atoms with Gasteiger partial charge < -0.3 is 10.6 Å². The van der Waals surface area contributed by atoms with Crippen LogP contribution in [0, 0.1) is 0 Å². The molecule has 1 atom stereocenters. The van der Waals surface area contributed by atoms with Crippen molar-refractivity contribution in [2.75, 3.05) is 26.7 Å². The minimum absolute atomic E-state index is 0.105. The van der Waals surface area contributed by atoms with Gasteiger partial charge in [0.15, 0.2) is 0 Å². The first-order valence-corrected chi connectivity index (χ1v) is 6.10. The molecular formula is C12H25N3O. The molecule has 1 rings (SSSR count). The molecule has 1 fully saturated rings. The molecule has 0 aliphatic carbocycles. The van der Waals surface area contributed by atoms with E-state index in [2.05, 4.69) is 15.5 Å². The normalized spacial score (nSPS) is 21.4. The Kier molecular flexibility index (Phi) is 4.74. The second-order valence-electron chi connectivity index (χ2n) is 5.79. The van der Waals surface area contributed by atoms with Crippen molar-refractivity contribution in [3.8, 4) is 0 Å². The maximum atomic E-state index is 11.7. The molecule has 1 heterocycles. The van der Waals surface area contributed by atoms with Crippen LogP contribution in [-0.4, -0.2) is 49.1 Å². The molecule has 1 aliphatic rings. The highest BCUT2D eigenvalue weighted by molar-refractivity contribution is 5.78. The molecule has 1 saturated heterocycles. The Bertz CT molecular complexity index is 229. The summed E-state index contributed by atoms with van der Waals surface area (Å²) in [7, 11) is 2.00. The number of carbonyl (C=O) groups excluding carboxylic acids is 1. The molecule has 16 heavy (non-hydrogen) atoms. The number of likely N-dealkylation sites (N-methyl/N-ethyl adjacent to an activating group) is 1. The Labute approximate surface area is 98.8 Å². The van der Waals surface area contributed by atoms with Crippen LogP contribution in [0.4, 0.5) is 0 Å². The fraction of sp³-hybridized carbons (Fsp3) is 0.917. The van der Waals surface area contributed by atoms with E-state index in [0.717, 1.165) is 13.1 Å². The van der Waals surface area contributed by atoms with Crippen molar-refractivity contribution < 1.29 is 4.79 Å². The molecule has 0 saturated carbocycles. The third kappa shape index (κ3) is 5.47. The molecule has 94 valence electrons. The summed E-state index contributed by atoms with van der Waals surface area (Å²) in [6.45, 7) is 8.57. The predicted octanol–water partition coefficient (Wildman–Crippen LogP) is 0.585. The molecule has 4 nitrogen and oxygen atoms in total. The third-order valence-corrected chi connectivity index (χ3v) is 2.62. The molecule has 0 aromatic rings. The Morgan fingerprint density at radius 2 is 2.19 bits per heavy atom. The van der Waals surface area contributed by atoms with Gasteiger partial charge in [-0.15, -0.1) is 0 Å². The average Bonchev–Trinajstić information content (AvgIpc) is 2.51. The van der Waals surface area contributed by atoms with E-state index in [9.17, 15) is 4.79 Å². The summed E-state index contributed by atoms with van der Waals surface area (Å²) in [6.07, 6.45) is 2.48. The Morgan fingerprint density at radius 3 is 2.69 bits per heavy atom. The summed E-state index contributed by atoms with van der Waals surface area (Å²) in [4.78, 5) is 13.8. The van der Waals surface area contributed by atoms with Gasteiger partial charge in [0.1, 0.15) is 0 Å². The first kappa shape index (κ1) is 13.5. The molecule has 0 aromatic heterocycles. The first-order chi connectivity index (χ1) is 7.37. The van der Waals surface area contributed by atoms with Crippen molar-refractivity contribution in [3.05, 3.63) is 0 Å². The maximum Gasteiger partial charge on any atom is 0.234 e. The van der Waals surface area contributed by atoms with Gasteiger partial charge in [-0.2, -0.15) is 0 Å². The first-order valence-electron chi connectivity index (χ1n) is 6.10. The molecule has 1 aliphatic heterocycles. The van der Waals surface area contributed by atoms with Crippen LogP contribution in [0.25, 0.3) is 0 Å². The Balaban J connectivity index is 2.22. The number of rotatable bonds is 4. The van der Waals surface area contributed by atoms with Gasteiger partial charge in [0.05, 0.1) is 6.54 Å². The lowest BCUT2D eigenvalue weighted by Crippen LogP contribution is -2.47. The molecule has 0 aromatic carbocycles. The monoisotopic (exact) mass is 227 g/mol. The minimum atomic E-state index is -0.135. The number of hydrogen-bond donors (Lipinski definition) is 2. The minimum Gasteiger partial charge on any atom is -0.350 e. The number of nitrogens with one attached hydrogen (secondary N) is 2. The van der Waals surface area contributed by atoms with Crippen molar-refractivity contribution >= 4 is 5.91 Å². The van der Waals surface area contributed by atoms with Crippen molar-refractivity contribution in [2.45, 2.75) is 45.2 Å². The second-order valence-corrected chi connectivity index (χ2v) is 5.79. The van der Waals surface area contributed by atoms with Crippen molar-refractivity contribution in [1.82, 2.24) is 15.5 Å². The average molecular weight is 227 g/mol. The van der Waals surface area contributed by atoms with Crippen LogP contribution in [0.1, 0.15) is 33.6 Å². The molecule has 0 spiro atoms. The SMILES string of the molecule is CN(CC(=O)NC(C)(C)C)CC1CCCN1. The van der Waals surface area contributed by atoms with Crippen molar-refractivity contribution in [1.29, 1.82) is 0 Å². The van der Waals surface area contributed by atoms with Gasteiger partial charge in [-0.25, -0.2) is 0 Å². The summed E-state index contributed by atoms with van der Waals surface area (Å²) >= 11 is 0. The lowest BCUT2D eigenvalue weighted by molar-refractivity contribution is -0.123. The van der Waals surface area contributed by atoms with Crippen LogP contribution in [0.3, 0.4) is 0 Å². The molecule has 4 heteroatoms. The molecular weight excluding hydrogens is 202 g/mol.